The van der Waals surface area contributed by atoms with Crippen molar-refractivity contribution in [2.75, 3.05) is 33.3 Å². The zero-order valence-corrected chi connectivity index (χ0v) is 22.8. The molecule has 0 aromatic rings. The van der Waals surface area contributed by atoms with E-state index in [1.165, 1.54) is 38.8 Å². The molecule has 194 valence electrons. The lowest BCUT2D eigenvalue weighted by Crippen LogP contribution is -2.44. The molecule has 2 amide bonds. The Labute approximate surface area is 203 Å². The third-order valence-corrected chi connectivity index (χ3v) is 5.54. The molecule has 0 bridgehead atoms. The summed E-state index contributed by atoms with van der Waals surface area (Å²) in [5.41, 5.74) is 0.477. The zero-order chi connectivity index (χ0) is 25.8. The van der Waals surface area contributed by atoms with Crippen molar-refractivity contribution in [2.45, 2.75) is 99.6 Å². The number of carbonyl (C=O) groups excluding carboxylic acids is 3. The van der Waals surface area contributed by atoms with Gasteiger partial charge in [0.2, 0.25) is 12.3 Å². The van der Waals surface area contributed by atoms with E-state index in [1.807, 2.05) is 13.8 Å². The van der Waals surface area contributed by atoms with Crippen LogP contribution in [0.1, 0.15) is 87.5 Å². The van der Waals surface area contributed by atoms with Gasteiger partial charge < -0.3 is 19.9 Å². The second-order valence-corrected chi connectivity index (χ2v) is 8.85. The van der Waals surface area contributed by atoms with E-state index in [1.54, 1.807) is 31.9 Å². The molecule has 1 aliphatic heterocycles. The van der Waals surface area contributed by atoms with Crippen molar-refractivity contribution in [1.82, 2.24) is 15.1 Å². The molecule has 0 aromatic heterocycles. The summed E-state index contributed by atoms with van der Waals surface area (Å²) in [4.78, 5) is 38.1. The summed E-state index contributed by atoms with van der Waals surface area (Å²) in [5, 5.41) is 2.35. The number of hydrogen-bond donors (Lipinski definition) is 1. The molecule has 7 nitrogen and oxygen atoms in total. The molecule has 1 N–H and O–H groups in total. The largest absolute Gasteiger partial charge is 0.463 e. The van der Waals surface area contributed by atoms with E-state index in [4.69, 9.17) is 4.74 Å². The predicted molar refractivity (Wildman–Crippen MR) is 137 cm³/mol. The quantitative estimate of drug-likeness (QED) is 0.291. The SMILES string of the molecule is CC(C)N1CCCCC1.CCC.CCOC(=O)/C(C)=C/[C@H]([C@@H](C)CC)N(C)C(=O)CNC=O. The first-order chi connectivity index (χ1) is 15.6. The lowest BCUT2D eigenvalue weighted by atomic mass is 9.95. The van der Waals surface area contributed by atoms with Gasteiger partial charge in [0.1, 0.15) is 0 Å². The van der Waals surface area contributed by atoms with Crippen LogP contribution in [0.2, 0.25) is 0 Å². The molecule has 0 radical (unpaired) electrons. The minimum Gasteiger partial charge on any atom is -0.463 e. The highest BCUT2D eigenvalue weighted by Crippen LogP contribution is 2.17. The summed E-state index contributed by atoms with van der Waals surface area (Å²) < 4.78 is 4.95. The standard InChI is InChI=1S/C15H26N2O4.C8H17N.C3H8/c1-6-11(3)13(8-12(4)15(20)21-7-2)17(5)14(19)9-16-10-18;1-8(2)9-6-4-3-5-7-9;1-3-2/h8,10-11,13H,6-7,9H2,1-5H3,(H,16,18);8H,3-7H2,1-2H3;3H2,1-2H3/b12-8+;;/t11-,13+;;/m0../s1. The molecule has 0 aromatic carbocycles. The number of ether oxygens (including phenoxy) is 1. The van der Waals surface area contributed by atoms with E-state index in [2.05, 4.69) is 37.9 Å². The summed E-state index contributed by atoms with van der Waals surface area (Å²) in [6, 6.07) is 0.547. The zero-order valence-electron chi connectivity index (χ0n) is 22.8. The van der Waals surface area contributed by atoms with Crippen LogP contribution in [-0.2, 0) is 19.1 Å². The van der Waals surface area contributed by atoms with Gasteiger partial charge in [0, 0.05) is 18.7 Å². The first kappa shape index (κ1) is 33.3. The summed E-state index contributed by atoms with van der Waals surface area (Å²) >= 11 is 0. The molecule has 0 saturated carbocycles. The molecule has 0 spiro atoms. The van der Waals surface area contributed by atoms with Crippen LogP contribution in [0.25, 0.3) is 0 Å². The van der Waals surface area contributed by atoms with E-state index in [9.17, 15) is 14.4 Å². The predicted octanol–water partition coefficient (Wildman–Crippen LogP) is 4.41. The number of likely N-dealkylation sites (N-methyl/N-ethyl adjacent to an activating group) is 1. The number of carbonyl (C=O) groups is 3. The Hall–Kier alpha value is -1.89. The highest BCUT2D eigenvalue weighted by Gasteiger charge is 2.23. The molecule has 2 atom stereocenters. The average Bonchev–Trinajstić information content (AvgIpc) is 2.81. The second kappa shape index (κ2) is 20.7. The number of rotatable bonds is 10. The Kier molecular flexibility index (Phi) is 20.9. The molecular weight excluding hydrogens is 418 g/mol. The van der Waals surface area contributed by atoms with Crippen molar-refractivity contribution in [2.24, 2.45) is 5.92 Å². The summed E-state index contributed by atoms with van der Waals surface area (Å²) in [6.45, 7) is 19.2. The normalized spacial score (nSPS) is 15.8. The van der Waals surface area contributed by atoms with Gasteiger partial charge in [-0.25, -0.2) is 4.79 Å². The molecule has 0 unspecified atom stereocenters. The van der Waals surface area contributed by atoms with Gasteiger partial charge in [-0.2, -0.15) is 0 Å². The van der Waals surface area contributed by atoms with Crippen molar-refractivity contribution in [3.8, 4) is 0 Å². The van der Waals surface area contributed by atoms with Crippen LogP contribution in [0.5, 0.6) is 0 Å². The van der Waals surface area contributed by atoms with Gasteiger partial charge in [-0.1, -0.05) is 53.0 Å². The van der Waals surface area contributed by atoms with Crippen LogP contribution in [0, 0.1) is 5.92 Å². The Morgan fingerprint density at radius 1 is 1.06 bits per heavy atom. The van der Waals surface area contributed by atoms with Crippen molar-refractivity contribution in [3.63, 3.8) is 0 Å². The van der Waals surface area contributed by atoms with Gasteiger partial charge in [0.25, 0.3) is 0 Å². The molecule has 0 aliphatic carbocycles. The van der Waals surface area contributed by atoms with Gasteiger partial charge >= 0.3 is 5.97 Å². The number of likely N-dealkylation sites (tertiary alicyclic amines) is 1. The number of nitrogens with zero attached hydrogens (tertiary/aromatic N) is 2. The van der Waals surface area contributed by atoms with Gasteiger partial charge in [0.05, 0.1) is 19.2 Å². The highest BCUT2D eigenvalue weighted by molar-refractivity contribution is 5.88. The Bertz CT molecular complexity index is 558. The fourth-order valence-electron chi connectivity index (χ4n) is 3.32. The number of hydrogen-bond acceptors (Lipinski definition) is 5. The van der Waals surface area contributed by atoms with E-state index < -0.39 is 0 Å². The van der Waals surface area contributed by atoms with Crippen LogP contribution in [-0.4, -0.2) is 73.5 Å². The minimum absolute atomic E-state index is 0.0563. The number of piperidine rings is 1. The van der Waals surface area contributed by atoms with E-state index in [0.717, 1.165) is 12.5 Å². The monoisotopic (exact) mass is 469 g/mol. The number of esters is 1. The van der Waals surface area contributed by atoms with Crippen molar-refractivity contribution in [3.05, 3.63) is 11.6 Å². The van der Waals surface area contributed by atoms with Gasteiger partial charge in [0.15, 0.2) is 0 Å². The molecular formula is C26H51N3O4. The van der Waals surface area contributed by atoms with Crippen molar-refractivity contribution >= 4 is 18.3 Å². The lowest BCUT2D eigenvalue weighted by Gasteiger charge is -2.30. The number of amides is 2. The maximum absolute atomic E-state index is 12.0. The Morgan fingerprint density at radius 2 is 1.61 bits per heavy atom. The van der Waals surface area contributed by atoms with Gasteiger partial charge in [-0.3, -0.25) is 9.59 Å². The van der Waals surface area contributed by atoms with Gasteiger partial charge in [-0.05, 0) is 59.5 Å². The molecule has 1 fully saturated rings. The van der Waals surface area contributed by atoms with Gasteiger partial charge in [-0.15, -0.1) is 0 Å². The second-order valence-electron chi connectivity index (χ2n) is 8.85. The van der Waals surface area contributed by atoms with Crippen LogP contribution < -0.4 is 5.32 Å². The van der Waals surface area contributed by atoms with Crippen LogP contribution in [0.3, 0.4) is 0 Å². The smallest absolute Gasteiger partial charge is 0.333 e. The van der Waals surface area contributed by atoms with Crippen LogP contribution >= 0.6 is 0 Å². The van der Waals surface area contributed by atoms with Crippen molar-refractivity contribution in [1.29, 1.82) is 0 Å². The Balaban J connectivity index is 0. The van der Waals surface area contributed by atoms with Crippen LogP contribution in [0.15, 0.2) is 11.6 Å². The third kappa shape index (κ3) is 15.6. The lowest BCUT2D eigenvalue weighted by molar-refractivity contribution is -0.138. The molecule has 1 rings (SSSR count). The molecule has 1 aliphatic rings. The first-order valence-corrected chi connectivity index (χ1v) is 12.6. The number of nitrogens with one attached hydrogen (secondary N) is 1. The molecule has 1 heterocycles. The Morgan fingerprint density at radius 3 is 2.00 bits per heavy atom. The maximum Gasteiger partial charge on any atom is 0.333 e. The molecule has 1 saturated heterocycles. The fraction of sp³-hybridized carbons (Fsp3) is 0.808. The molecule has 7 heteroatoms. The third-order valence-electron chi connectivity index (χ3n) is 5.54. The first-order valence-electron chi connectivity index (χ1n) is 12.6. The van der Waals surface area contributed by atoms with E-state index >= 15 is 0 Å². The average molecular weight is 470 g/mol. The summed E-state index contributed by atoms with van der Waals surface area (Å²) in [7, 11) is 1.67. The van der Waals surface area contributed by atoms with Crippen LogP contribution in [0.4, 0.5) is 0 Å². The highest BCUT2D eigenvalue weighted by atomic mass is 16.5. The minimum atomic E-state index is -0.377. The topological polar surface area (TPSA) is 79.0 Å². The summed E-state index contributed by atoms with van der Waals surface area (Å²) in [5.74, 6) is -0.405. The fourth-order valence-corrected chi connectivity index (χ4v) is 3.32. The molecule has 33 heavy (non-hydrogen) atoms. The summed E-state index contributed by atoms with van der Waals surface area (Å²) in [6.07, 6.45) is 8.63. The van der Waals surface area contributed by atoms with E-state index in [-0.39, 0.29) is 30.4 Å². The van der Waals surface area contributed by atoms with Crippen molar-refractivity contribution < 1.29 is 19.1 Å². The van der Waals surface area contributed by atoms with E-state index in [0.29, 0.717) is 18.6 Å². The maximum atomic E-state index is 12.0.